The largest absolute Gasteiger partial charge is 0.369 e. The SMILES string of the molecule is CC1CCCCN1CCCn1ccnc1N. The van der Waals surface area contributed by atoms with Gasteiger partial charge in [0.05, 0.1) is 0 Å². The van der Waals surface area contributed by atoms with Crippen molar-refractivity contribution in [1.82, 2.24) is 14.5 Å². The molecule has 90 valence electrons. The fourth-order valence-electron chi connectivity index (χ4n) is 2.46. The van der Waals surface area contributed by atoms with Gasteiger partial charge in [0.1, 0.15) is 0 Å². The molecule has 1 aromatic rings. The van der Waals surface area contributed by atoms with Crippen LogP contribution in [0.25, 0.3) is 0 Å². The average molecular weight is 222 g/mol. The van der Waals surface area contributed by atoms with Gasteiger partial charge in [0.2, 0.25) is 0 Å². The predicted molar refractivity (Wildman–Crippen MR) is 66.1 cm³/mol. The summed E-state index contributed by atoms with van der Waals surface area (Å²) in [4.78, 5) is 6.62. The van der Waals surface area contributed by atoms with E-state index in [9.17, 15) is 0 Å². The Kier molecular flexibility index (Phi) is 3.83. The molecule has 1 aromatic heterocycles. The molecule has 1 saturated heterocycles. The van der Waals surface area contributed by atoms with Gasteiger partial charge < -0.3 is 15.2 Å². The number of rotatable bonds is 4. The van der Waals surface area contributed by atoms with Crippen LogP contribution in [0.15, 0.2) is 12.4 Å². The molecule has 1 fully saturated rings. The average Bonchev–Trinajstić information content (AvgIpc) is 2.67. The van der Waals surface area contributed by atoms with Gasteiger partial charge in [-0.3, -0.25) is 0 Å². The third-order valence-electron chi connectivity index (χ3n) is 3.53. The first-order chi connectivity index (χ1) is 7.77. The van der Waals surface area contributed by atoms with Crippen molar-refractivity contribution >= 4 is 5.95 Å². The lowest BCUT2D eigenvalue weighted by molar-refractivity contribution is 0.157. The summed E-state index contributed by atoms with van der Waals surface area (Å²) >= 11 is 0. The highest BCUT2D eigenvalue weighted by Crippen LogP contribution is 2.16. The molecule has 16 heavy (non-hydrogen) atoms. The van der Waals surface area contributed by atoms with Crippen molar-refractivity contribution < 1.29 is 0 Å². The monoisotopic (exact) mass is 222 g/mol. The maximum absolute atomic E-state index is 5.73. The molecule has 1 unspecified atom stereocenters. The molecule has 0 saturated carbocycles. The smallest absolute Gasteiger partial charge is 0.200 e. The van der Waals surface area contributed by atoms with Gasteiger partial charge in [-0.2, -0.15) is 0 Å². The fraction of sp³-hybridized carbons (Fsp3) is 0.750. The van der Waals surface area contributed by atoms with E-state index in [0.717, 1.165) is 19.0 Å². The van der Waals surface area contributed by atoms with Crippen molar-refractivity contribution in [3.05, 3.63) is 12.4 Å². The van der Waals surface area contributed by atoms with E-state index in [0.29, 0.717) is 5.95 Å². The Hall–Kier alpha value is -1.03. The molecule has 1 atom stereocenters. The highest BCUT2D eigenvalue weighted by atomic mass is 15.2. The maximum Gasteiger partial charge on any atom is 0.200 e. The van der Waals surface area contributed by atoms with Crippen LogP contribution >= 0.6 is 0 Å². The third kappa shape index (κ3) is 2.76. The molecule has 0 radical (unpaired) electrons. The van der Waals surface area contributed by atoms with Crippen molar-refractivity contribution in [3.63, 3.8) is 0 Å². The molecule has 2 heterocycles. The van der Waals surface area contributed by atoms with Gasteiger partial charge >= 0.3 is 0 Å². The quantitative estimate of drug-likeness (QED) is 0.844. The second-order valence-corrected chi connectivity index (χ2v) is 4.71. The van der Waals surface area contributed by atoms with Crippen LogP contribution < -0.4 is 5.73 Å². The summed E-state index contributed by atoms with van der Waals surface area (Å²) < 4.78 is 2.02. The number of nitrogens with zero attached hydrogens (tertiary/aromatic N) is 3. The summed E-state index contributed by atoms with van der Waals surface area (Å²) in [5.41, 5.74) is 5.73. The van der Waals surface area contributed by atoms with Crippen LogP contribution in [0.3, 0.4) is 0 Å². The van der Waals surface area contributed by atoms with Gasteiger partial charge in [0, 0.05) is 31.5 Å². The van der Waals surface area contributed by atoms with Gasteiger partial charge in [-0.25, -0.2) is 4.98 Å². The predicted octanol–water partition coefficient (Wildman–Crippen LogP) is 1.73. The number of aryl methyl sites for hydroxylation is 1. The summed E-state index contributed by atoms with van der Waals surface area (Å²) in [6.45, 7) is 5.76. The number of hydrogen-bond acceptors (Lipinski definition) is 3. The first kappa shape index (κ1) is 11.5. The molecule has 1 aliphatic heterocycles. The van der Waals surface area contributed by atoms with Gasteiger partial charge in [0.15, 0.2) is 5.95 Å². The minimum absolute atomic E-state index is 0.631. The van der Waals surface area contributed by atoms with Gasteiger partial charge in [-0.1, -0.05) is 6.42 Å². The molecule has 4 nitrogen and oxygen atoms in total. The van der Waals surface area contributed by atoms with Gasteiger partial charge in [0.25, 0.3) is 0 Å². The zero-order valence-corrected chi connectivity index (χ0v) is 10.1. The summed E-state index contributed by atoms with van der Waals surface area (Å²) in [6.07, 6.45) is 8.98. The molecular weight excluding hydrogens is 200 g/mol. The van der Waals surface area contributed by atoms with E-state index in [2.05, 4.69) is 16.8 Å². The van der Waals surface area contributed by atoms with Crippen LogP contribution in [0.5, 0.6) is 0 Å². The zero-order valence-electron chi connectivity index (χ0n) is 10.1. The summed E-state index contributed by atoms with van der Waals surface area (Å²) in [5, 5.41) is 0. The Balaban J connectivity index is 1.73. The van der Waals surface area contributed by atoms with Crippen molar-refractivity contribution in [2.75, 3.05) is 18.8 Å². The molecule has 0 aliphatic carbocycles. The minimum atomic E-state index is 0.631. The molecular formula is C12H22N4. The highest BCUT2D eigenvalue weighted by molar-refractivity contribution is 5.16. The van der Waals surface area contributed by atoms with E-state index < -0.39 is 0 Å². The van der Waals surface area contributed by atoms with Crippen LogP contribution in [0.1, 0.15) is 32.6 Å². The molecule has 0 bridgehead atoms. The van der Waals surface area contributed by atoms with Crippen LogP contribution in [-0.2, 0) is 6.54 Å². The second-order valence-electron chi connectivity index (χ2n) is 4.71. The number of imidazole rings is 1. The lowest BCUT2D eigenvalue weighted by Crippen LogP contribution is -2.38. The number of hydrogen-bond donors (Lipinski definition) is 1. The van der Waals surface area contributed by atoms with E-state index in [1.807, 2.05) is 10.8 Å². The normalized spacial score (nSPS) is 22.4. The van der Waals surface area contributed by atoms with Gasteiger partial charge in [-0.05, 0) is 32.7 Å². The van der Waals surface area contributed by atoms with Crippen LogP contribution in [0.4, 0.5) is 5.95 Å². The number of piperidine rings is 1. The zero-order chi connectivity index (χ0) is 11.4. The van der Waals surface area contributed by atoms with E-state index in [-0.39, 0.29) is 0 Å². The van der Waals surface area contributed by atoms with E-state index in [1.54, 1.807) is 6.20 Å². The van der Waals surface area contributed by atoms with Crippen molar-refractivity contribution in [3.8, 4) is 0 Å². The summed E-state index contributed by atoms with van der Waals surface area (Å²) in [6, 6.07) is 0.758. The molecule has 0 spiro atoms. The number of anilines is 1. The van der Waals surface area contributed by atoms with Crippen molar-refractivity contribution in [1.29, 1.82) is 0 Å². The number of nitrogen functional groups attached to an aromatic ring is 1. The lowest BCUT2D eigenvalue weighted by Gasteiger charge is -2.33. The summed E-state index contributed by atoms with van der Waals surface area (Å²) in [5.74, 6) is 0.631. The first-order valence-corrected chi connectivity index (χ1v) is 6.28. The Morgan fingerprint density at radius 2 is 2.31 bits per heavy atom. The molecule has 4 heteroatoms. The van der Waals surface area contributed by atoms with Crippen LogP contribution in [-0.4, -0.2) is 33.6 Å². The Labute approximate surface area is 97.4 Å². The van der Waals surface area contributed by atoms with Crippen molar-refractivity contribution in [2.45, 2.75) is 45.2 Å². The first-order valence-electron chi connectivity index (χ1n) is 6.28. The van der Waals surface area contributed by atoms with E-state index in [4.69, 9.17) is 5.73 Å². The minimum Gasteiger partial charge on any atom is -0.369 e. The molecule has 0 aromatic carbocycles. The standard InChI is InChI=1S/C12H22N4/c1-11-5-2-3-7-15(11)8-4-9-16-10-6-14-12(16)13/h6,10-11H,2-5,7-9H2,1H3,(H2,13,14). The Morgan fingerprint density at radius 1 is 1.44 bits per heavy atom. The molecule has 2 N–H and O–H groups in total. The van der Waals surface area contributed by atoms with Gasteiger partial charge in [-0.15, -0.1) is 0 Å². The Morgan fingerprint density at radius 3 is 3.00 bits per heavy atom. The molecule has 1 aliphatic rings. The molecule has 0 amide bonds. The van der Waals surface area contributed by atoms with Crippen molar-refractivity contribution in [2.24, 2.45) is 0 Å². The number of aromatic nitrogens is 2. The van der Waals surface area contributed by atoms with Crippen LogP contribution in [0, 0.1) is 0 Å². The third-order valence-corrected chi connectivity index (χ3v) is 3.53. The highest BCUT2D eigenvalue weighted by Gasteiger charge is 2.17. The topological polar surface area (TPSA) is 47.1 Å². The van der Waals surface area contributed by atoms with E-state index >= 15 is 0 Å². The maximum atomic E-state index is 5.73. The Bertz CT molecular complexity index is 321. The molecule has 2 rings (SSSR count). The fourth-order valence-corrected chi connectivity index (χ4v) is 2.46. The number of nitrogens with two attached hydrogens (primary N) is 1. The second kappa shape index (κ2) is 5.34. The lowest BCUT2D eigenvalue weighted by atomic mass is 10.0. The number of likely N-dealkylation sites (tertiary alicyclic amines) is 1. The summed E-state index contributed by atoms with van der Waals surface area (Å²) in [7, 11) is 0. The van der Waals surface area contributed by atoms with E-state index in [1.165, 1.54) is 32.4 Å². The van der Waals surface area contributed by atoms with Crippen LogP contribution in [0.2, 0.25) is 0 Å².